The third-order valence-electron chi connectivity index (χ3n) is 7.09. The van der Waals surface area contributed by atoms with E-state index in [9.17, 15) is 8.42 Å². The maximum Gasteiger partial charge on any atom is 0.219 e. The average Bonchev–Trinajstić information content (AvgIpc) is 3.71. The molecule has 1 saturated carbocycles. The van der Waals surface area contributed by atoms with Gasteiger partial charge in [-0.05, 0) is 25.3 Å². The summed E-state index contributed by atoms with van der Waals surface area (Å²) in [6, 6.07) is 0. The van der Waals surface area contributed by atoms with Gasteiger partial charge in [0, 0.05) is 63.1 Å². The number of morpholine rings is 1. The van der Waals surface area contributed by atoms with Gasteiger partial charge in [-0.2, -0.15) is 4.31 Å². The molecule has 36 heavy (non-hydrogen) atoms. The minimum Gasteiger partial charge on any atom is -0.378 e. The van der Waals surface area contributed by atoms with Crippen LogP contribution in [-0.4, -0.2) is 95.3 Å². The van der Waals surface area contributed by atoms with E-state index >= 15 is 0 Å². The summed E-state index contributed by atoms with van der Waals surface area (Å²) in [6.45, 7) is 8.33. The number of fused-ring (bicyclic) bond motifs is 1. The Kier molecular flexibility index (Phi) is 6.28. The molecule has 3 fully saturated rings. The lowest BCUT2D eigenvalue weighted by molar-refractivity contribution is 0.122. The lowest BCUT2D eigenvalue weighted by Gasteiger charge is -2.33. The number of nitrogens with zero attached hydrogens (tertiary/aromatic N) is 7. The third kappa shape index (κ3) is 4.54. The Morgan fingerprint density at radius 2 is 1.75 bits per heavy atom. The first-order valence-corrected chi connectivity index (χ1v) is 14.6. The highest BCUT2D eigenvalue weighted by Gasteiger charge is 2.41. The fourth-order valence-corrected chi connectivity index (χ4v) is 7.89. The van der Waals surface area contributed by atoms with Gasteiger partial charge in [-0.25, -0.2) is 28.4 Å². The molecular formula is C23H30N8O3S2. The van der Waals surface area contributed by atoms with E-state index in [1.807, 2.05) is 0 Å². The first-order valence-electron chi connectivity index (χ1n) is 12.3. The first kappa shape index (κ1) is 23.9. The molecule has 2 aliphatic heterocycles. The number of thiophene rings is 1. The Morgan fingerprint density at radius 3 is 2.42 bits per heavy atom. The molecular weight excluding hydrogens is 500 g/mol. The van der Waals surface area contributed by atoms with Crippen molar-refractivity contribution in [3.63, 3.8) is 0 Å². The molecule has 6 rings (SSSR count). The molecule has 13 heteroatoms. The van der Waals surface area contributed by atoms with Crippen LogP contribution in [0.15, 0.2) is 12.4 Å². The molecule has 5 heterocycles. The Labute approximate surface area is 214 Å². The van der Waals surface area contributed by atoms with E-state index in [2.05, 4.69) is 26.7 Å². The normalized spacial score (nSPS) is 20.3. The van der Waals surface area contributed by atoms with Crippen molar-refractivity contribution in [2.75, 3.05) is 63.1 Å². The predicted molar refractivity (Wildman–Crippen MR) is 139 cm³/mol. The number of aryl methyl sites for hydroxylation is 1. The van der Waals surface area contributed by atoms with Gasteiger partial charge in [0.05, 0.1) is 34.2 Å². The molecule has 0 unspecified atom stereocenters. The van der Waals surface area contributed by atoms with Crippen LogP contribution in [0.2, 0.25) is 0 Å². The summed E-state index contributed by atoms with van der Waals surface area (Å²) >= 11 is 1.73. The number of aromatic nitrogens is 4. The van der Waals surface area contributed by atoms with Crippen LogP contribution >= 0.6 is 11.3 Å². The monoisotopic (exact) mass is 530 g/mol. The third-order valence-corrected chi connectivity index (χ3v) is 10.8. The SMILES string of the molecule is Cc1c(CN2CCN(S(=O)(=O)C3CC3)CC2)sc2c(N3CCOCC3)nc(-c3cnc(N)nc3)nc12. The van der Waals surface area contributed by atoms with Crippen molar-refractivity contribution in [1.82, 2.24) is 29.1 Å². The Hall–Kier alpha value is -2.45. The van der Waals surface area contributed by atoms with Crippen molar-refractivity contribution in [1.29, 1.82) is 0 Å². The maximum atomic E-state index is 12.6. The van der Waals surface area contributed by atoms with Gasteiger partial charge in [0.2, 0.25) is 16.0 Å². The minimum absolute atomic E-state index is 0.147. The van der Waals surface area contributed by atoms with Crippen molar-refractivity contribution in [3.8, 4) is 11.4 Å². The Balaban J connectivity index is 1.30. The van der Waals surface area contributed by atoms with Gasteiger partial charge in [-0.15, -0.1) is 11.3 Å². The first-order chi connectivity index (χ1) is 17.4. The van der Waals surface area contributed by atoms with Gasteiger partial charge in [0.1, 0.15) is 0 Å². The number of hydrogen-bond acceptors (Lipinski definition) is 11. The number of sulfonamides is 1. The molecule has 192 valence electrons. The van der Waals surface area contributed by atoms with Gasteiger partial charge in [-0.1, -0.05) is 0 Å². The van der Waals surface area contributed by atoms with Crippen molar-refractivity contribution < 1.29 is 13.2 Å². The van der Waals surface area contributed by atoms with Gasteiger partial charge >= 0.3 is 0 Å². The van der Waals surface area contributed by atoms with Gasteiger partial charge in [0.15, 0.2) is 11.6 Å². The number of ether oxygens (including phenoxy) is 1. The number of anilines is 2. The van der Waals surface area contributed by atoms with E-state index in [0.717, 1.165) is 72.7 Å². The fraction of sp³-hybridized carbons (Fsp3) is 0.565. The van der Waals surface area contributed by atoms with Crippen LogP contribution in [0.1, 0.15) is 23.3 Å². The molecule has 11 nitrogen and oxygen atoms in total. The molecule has 0 aromatic carbocycles. The maximum absolute atomic E-state index is 12.6. The highest BCUT2D eigenvalue weighted by molar-refractivity contribution is 7.90. The quantitative estimate of drug-likeness (QED) is 0.500. The molecule has 2 saturated heterocycles. The second kappa shape index (κ2) is 9.45. The van der Waals surface area contributed by atoms with E-state index in [1.54, 1.807) is 28.0 Å². The number of rotatable bonds is 6. The zero-order valence-electron chi connectivity index (χ0n) is 20.3. The zero-order valence-corrected chi connectivity index (χ0v) is 21.9. The van der Waals surface area contributed by atoms with Crippen LogP contribution in [-0.2, 0) is 21.3 Å². The summed E-state index contributed by atoms with van der Waals surface area (Å²) in [5.41, 5.74) is 8.48. The summed E-state index contributed by atoms with van der Waals surface area (Å²) in [5, 5.41) is -0.147. The van der Waals surface area contributed by atoms with Crippen LogP contribution < -0.4 is 10.6 Å². The predicted octanol–water partition coefficient (Wildman–Crippen LogP) is 1.49. The van der Waals surface area contributed by atoms with E-state index in [-0.39, 0.29) is 11.2 Å². The molecule has 1 aliphatic carbocycles. The molecule has 3 aliphatic rings. The molecule has 3 aromatic heterocycles. The van der Waals surface area contributed by atoms with Gasteiger partial charge in [0.25, 0.3) is 0 Å². The van der Waals surface area contributed by atoms with E-state index in [4.69, 9.17) is 20.4 Å². The molecule has 0 amide bonds. The second-order valence-electron chi connectivity index (χ2n) is 9.55. The van der Waals surface area contributed by atoms with Crippen LogP contribution in [0.25, 0.3) is 21.6 Å². The van der Waals surface area contributed by atoms with Crippen LogP contribution in [0.5, 0.6) is 0 Å². The molecule has 2 N–H and O–H groups in total. The fourth-order valence-electron chi connectivity index (χ4n) is 4.76. The topological polar surface area (TPSA) is 131 Å². The van der Waals surface area contributed by atoms with Crippen molar-refractivity contribution >= 4 is 43.3 Å². The summed E-state index contributed by atoms with van der Waals surface area (Å²) in [6.07, 6.45) is 4.93. The highest BCUT2D eigenvalue weighted by Crippen LogP contribution is 2.38. The highest BCUT2D eigenvalue weighted by atomic mass is 32.2. The second-order valence-corrected chi connectivity index (χ2v) is 12.9. The van der Waals surface area contributed by atoms with Crippen molar-refractivity contribution in [2.24, 2.45) is 0 Å². The van der Waals surface area contributed by atoms with E-state index in [1.165, 1.54) is 4.88 Å². The zero-order chi connectivity index (χ0) is 24.9. The summed E-state index contributed by atoms with van der Waals surface area (Å²) in [7, 11) is -3.11. The smallest absolute Gasteiger partial charge is 0.219 e. The number of hydrogen-bond donors (Lipinski definition) is 1. The molecule has 3 aromatic rings. The van der Waals surface area contributed by atoms with Crippen molar-refractivity contribution in [3.05, 3.63) is 22.8 Å². The molecule has 0 bridgehead atoms. The largest absolute Gasteiger partial charge is 0.378 e. The van der Waals surface area contributed by atoms with Crippen LogP contribution in [0.3, 0.4) is 0 Å². The number of nitrogen functional groups attached to an aromatic ring is 1. The van der Waals surface area contributed by atoms with E-state index in [0.29, 0.717) is 32.1 Å². The van der Waals surface area contributed by atoms with Crippen molar-refractivity contribution in [2.45, 2.75) is 31.6 Å². The van der Waals surface area contributed by atoms with Gasteiger partial charge < -0.3 is 15.4 Å². The number of piperazine rings is 1. The molecule has 0 atom stereocenters. The Morgan fingerprint density at radius 1 is 1.06 bits per heavy atom. The molecule has 0 radical (unpaired) electrons. The molecule has 0 spiro atoms. The standard InChI is InChI=1S/C23H30N8O3S2/c1-15-18(14-29-4-6-31(7-5-29)36(32,33)17-2-3-17)35-20-19(15)27-21(16-12-25-23(24)26-13-16)28-22(20)30-8-10-34-11-9-30/h12-13,17H,2-11,14H2,1H3,(H2,24,25,26). The van der Waals surface area contributed by atoms with Crippen LogP contribution in [0.4, 0.5) is 11.8 Å². The summed E-state index contributed by atoms with van der Waals surface area (Å²) in [4.78, 5) is 24.0. The van der Waals surface area contributed by atoms with Crippen LogP contribution in [0, 0.1) is 6.92 Å². The van der Waals surface area contributed by atoms with Gasteiger partial charge in [-0.3, -0.25) is 4.90 Å². The number of nitrogens with two attached hydrogens (primary N) is 1. The average molecular weight is 531 g/mol. The minimum atomic E-state index is -3.11. The lowest BCUT2D eigenvalue weighted by Crippen LogP contribution is -2.49. The lowest BCUT2D eigenvalue weighted by atomic mass is 10.2. The summed E-state index contributed by atoms with van der Waals surface area (Å²) < 4.78 is 33.5. The van der Waals surface area contributed by atoms with E-state index < -0.39 is 10.0 Å². The summed E-state index contributed by atoms with van der Waals surface area (Å²) in [5.74, 6) is 1.71. The Bertz CT molecular complexity index is 1360.